The van der Waals surface area contributed by atoms with Gasteiger partial charge in [-0.2, -0.15) is 0 Å². The Morgan fingerprint density at radius 3 is 2.69 bits per heavy atom. The molecule has 0 saturated heterocycles. The van der Waals surface area contributed by atoms with Crippen LogP contribution >= 0.6 is 11.8 Å². The molecule has 0 aliphatic heterocycles. The van der Waals surface area contributed by atoms with Crippen molar-refractivity contribution in [2.24, 2.45) is 0 Å². The number of nitrogens with one attached hydrogen (secondary N) is 1. The molecule has 0 fully saturated rings. The molecule has 3 rings (SSSR count). The van der Waals surface area contributed by atoms with E-state index in [0.717, 1.165) is 11.8 Å². The third-order valence-corrected chi connectivity index (χ3v) is 5.57. The van der Waals surface area contributed by atoms with Crippen LogP contribution in [0.2, 0.25) is 0 Å². The first-order valence-corrected chi connectivity index (χ1v) is 9.65. The molecule has 1 N–H and O–H groups in total. The number of thioether (sulfide) groups is 1. The number of carbonyl (C=O) groups excluding carboxylic acids is 1. The van der Waals surface area contributed by atoms with Crippen LogP contribution in [0.4, 0.5) is 11.4 Å². The predicted octanol–water partition coefficient (Wildman–Crippen LogP) is 2.75. The molecule has 150 valence electrons. The molecule has 10 heteroatoms. The van der Waals surface area contributed by atoms with E-state index in [1.54, 1.807) is 37.3 Å². The fraction of sp³-hybridized carbons (Fsp3) is 0.211. The first kappa shape index (κ1) is 20.3. The Balaban J connectivity index is 1.83. The molecule has 0 radical (unpaired) electrons. The first-order chi connectivity index (χ1) is 13.9. The monoisotopic (exact) mass is 414 g/mol. The van der Waals surface area contributed by atoms with E-state index >= 15 is 0 Å². The van der Waals surface area contributed by atoms with Gasteiger partial charge in [0, 0.05) is 24.3 Å². The summed E-state index contributed by atoms with van der Waals surface area (Å²) in [6.07, 6.45) is 0.421. The molecule has 29 heavy (non-hydrogen) atoms. The Hall–Kier alpha value is -3.40. The van der Waals surface area contributed by atoms with Crippen LogP contribution in [-0.4, -0.2) is 21.4 Å². The number of amides is 1. The maximum absolute atomic E-state index is 12.8. The summed E-state index contributed by atoms with van der Waals surface area (Å²) in [7, 11) is 0. The summed E-state index contributed by atoms with van der Waals surface area (Å²) in [6, 6.07) is 13.2. The average Bonchev–Trinajstić information content (AvgIpc) is 3.08. The zero-order valence-corrected chi connectivity index (χ0v) is 16.5. The van der Waals surface area contributed by atoms with Crippen molar-refractivity contribution in [3.05, 3.63) is 64.2 Å². The SMILES string of the molecule is CCC(Sc1c([O-])on[n+]1-c1ccccc1)C(=O)Nc1cc([N+](=O)[O-])ccc1C. The van der Waals surface area contributed by atoms with Crippen LogP contribution in [0.15, 0.2) is 58.1 Å². The Morgan fingerprint density at radius 1 is 1.31 bits per heavy atom. The van der Waals surface area contributed by atoms with Crippen LogP contribution in [0.25, 0.3) is 5.69 Å². The van der Waals surface area contributed by atoms with Gasteiger partial charge in [-0.25, -0.2) is 0 Å². The van der Waals surface area contributed by atoms with Gasteiger partial charge < -0.3 is 14.9 Å². The zero-order valence-electron chi connectivity index (χ0n) is 15.7. The van der Waals surface area contributed by atoms with Gasteiger partial charge in [0.2, 0.25) is 11.6 Å². The highest BCUT2D eigenvalue weighted by atomic mass is 32.2. The maximum atomic E-state index is 12.8. The van der Waals surface area contributed by atoms with Crippen LogP contribution in [0.3, 0.4) is 0 Å². The molecule has 0 aliphatic carbocycles. The number of nitro groups is 1. The number of hydrogen-bond acceptors (Lipinski definition) is 7. The lowest BCUT2D eigenvalue weighted by Crippen LogP contribution is -2.36. The minimum atomic E-state index is -0.642. The summed E-state index contributed by atoms with van der Waals surface area (Å²) in [5.41, 5.74) is 1.56. The van der Waals surface area contributed by atoms with Crippen LogP contribution in [0.1, 0.15) is 18.9 Å². The van der Waals surface area contributed by atoms with Gasteiger partial charge in [-0.05, 0) is 35.4 Å². The zero-order chi connectivity index (χ0) is 21.0. The van der Waals surface area contributed by atoms with Crippen LogP contribution in [-0.2, 0) is 4.79 Å². The summed E-state index contributed by atoms with van der Waals surface area (Å²) in [6.45, 7) is 3.55. The van der Waals surface area contributed by atoms with Gasteiger partial charge >= 0.3 is 0 Å². The fourth-order valence-corrected chi connectivity index (χ4v) is 3.57. The number of carbonyl (C=O) groups is 1. The molecule has 1 aromatic heterocycles. The van der Waals surface area contributed by atoms with E-state index < -0.39 is 16.1 Å². The molecule has 0 aliphatic rings. The van der Waals surface area contributed by atoms with Crippen molar-refractivity contribution < 1.29 is 24.0 Å². The lowest BCUT2D eigenvalue weighted by Gasteiger charge is -2.14. The molecular formula is C19H18N4O5S. The van der Waals surface area contributed by atoms with E-state index in [4.69, 9.17) is 4.52 Å². The van der Waals surface area contributed by atoms with Crippen molar-refractivity contribution in [1.82, 2.24) is 5.27 Å². The van der Waals surface area contributed by atoms with Crippen LogP contribution in [0, 0.1) is 17.0 Å². The van der Waals surface area contributed by atoms with Crippen LogP contribution in [0.5, 0.6) is 5.95 Å². The minimum absolute atomic E-state index is 0.116. The Kier molecular flexibility index (Phi) is 6.13. The number of anilines is 1. The van der Waals surface area contributed by atoms with Crippen molar-refractivity contribution in [3.63, 3.8) is 0 Å². The standard InChI is InChI=1S/C19H18N4O5S/c1-3-16(17(24)20-15-11-14(23(26)27)10-9-12(15)2)29-18-19(25)28-21-22(18)13-7-5-4-6-8-13/h4-11,16H,3H2,1-2H3,(H-,20,21,24,25). The third-order valence-electron chi connectivity index (χ3n) is 4.18. The summed E-state index contributed by atoms with van der Waals surface area (Å²) >= 11 is 1.04. The largest absolute Gasteiger partial charge is 0.538 e. The van der Waals surface area contributed by atoms with E-state index in [1.165, 1.54) is 16.8 Å². The number of rotatable bonds is 7. The number of aryl methyl sites for hydroxylation is 1. The Labute approximate surface area is 170 Å². The highest BCUT2D eigenvalue weighted by molar-refractivity contribution is 8.00. The topological polar surface area (TPSA) is 125 Å². The van der Waals surface area contributed by atoms with Gasteiger partial charge in [0.25, 0.3) is 10.7 Å². The van der Waals surface area contributed by atoms with E-state index in [9.17, 15) is 20.0 Å². The van der Waals surface area contributed by atoms with Crippen molar-refractivity contribution in [3.8, 4) is 11.6 Å². The number of hydrogen-bond donors (Lipinski definition) is 1. The number of non-ortho nitro benzene ring substituents is 1. The number of benzene rings is 2. The highest BCUT2D eigenvalue weighted by Gasteiger charge is 2.28. The number of aromatic nitrogens is 2. The normalized spacial score (nSPS) is 11.8. The van der Waals surface area contributed by atoms with Crippen molar-refractivity contribution in [2.75, 3.05) is 5.32 Å². The maximum Gasteiger partial charge on any atom is 0.298 e. The predicted molar refractivity (Wildman–Crippen MR) is 104 cm³/mol. The van der Waals surface area contributed by atoms with Gasteiger partial charge in [-0.15, -0.1) is 0 Å². The quantitative estimate of drug-likeness (QED) is 0.273. The molecule has 3 aromatic rings. The molecule has 1 heterocycles. The molecule has 1 atom stereocenters. The van der Waals surface area contributed by atoms with Gasteiger partial charge in [-0.3, -0.25) is 14.9 Å². The van der Waals surface area contributed by atoms with Gasteiger partial charge in [0.15, 0.2) is 5.95 Å². The molecule has 9 nitrogen and oxygen atoms in total. The number of nitrogens with zero attached hydrogens (tertiary/aromatic N) is 3. The van der Waals surface area contributed by atoms with E-state index in [0.29, 0.717) is 23.4 Å². The highest BCUT2D eigenvalue weighted by Crippen LogP contribution is 2.30. The molecule has 1 amide bonds. The molecule has 0 saturated carbocycles. The van der Waals surface area contributed by atoms with Gasteiger partial charge in [0.1, 0.15) is 0 Å². The van der Waals surface area contributed by atoms with Gasteiger partial charge in [0.05, 0.1) is 21.1 Å². The lowest BCUT2D eigenvalue weighted by atomic mass is 10.1. The summed E-state index contributed by atoms with van der Waals surface area (Å²) in [5.74, 6) is -1.02. The third kappa shape index (κ3) is 4.54. The summed E-state index contributed by atoms with van der Waals surface area (Å²) in [4.78, 5) is 23.3. The Bertz CT molecular complexity index is 1040. The Morgan fingerprint density at radius 2 is 2.03 bits per heavy atom. The smallest absolute Gasteiger partial charge is 0.298 e. The molecule has 0 spiro atoms. The number of para-hydroxylation sites is 1. The molecule has 0 bridgehead atoms. The molecule has 2 aromatic carbocycles. The van der Waals surface area contributed by atoms with Gasteiger partial charge in [-0.1, -0.05) is 31.2 Å². The fourth-order valence-electron chi connectivity index (χ4n) is 2.60. The summed E-state index contributed by atoms with van der Waals surface area (Å²) in [5, 5.41) is 29.2. The average molecular weight is 414 g/mol. The lowest BCUT2D eigenvalue weighted by molar-refractivity contribution is -0.705. The minimum Gasteiger partial charge on any atom is -0.538 e. The second-order valence-electron chi connectivity index (χ2n) is 6.17. The van der Waals surface area contributed by atoms with Crippen molar-refractivity contribution >= 4 is 29.0 Å². The first-order valence-electron chi connectivity index (χ1n) is 8.77. The van der Waals surface area contributed by atoms with Crippen LogP contribution < -0.4 is 15.1 Å². The van der Waals surface area contributed by atoms with E-state index in [-0.39, 0.29) is 16.6 Å². The second kappa shape index (κ2) is 8.74. The van der Waals surface area contributed by atoms with E-state index in [1.807, 2.05) is 13.0 Å². The van der Waals surface area contributed by atoms with E-state index in [2.05, 4.69) is 10.6 Å². The van der Waals surface area contributed by atoms with Crippen molar-refractivity contribution in [1.29, 1.82) is 0 Å². The summed E-state index contributed by atoms with van der Waals surface area (Å²) < 4.78 is 6.13. The van der Waals surface area contributed by atoms with Crippen molar-refractivity contribution in [2.45, 2.75) is 30.5 Å². The molecular weight excluding hydrogens is 396 g/mol. The number of nitro benzene ring substituents is 1. The second-order valence-corrected chi connectivity index (χ2v) is 7.36. The molecule has 1 unspecified atom stereocenters.